The van der Waals surface area contributed by atoms with Crippen molar-refractivity contribution >= 4 is 5.91 Å². The summed E-state index contributed by atoms with van der Waals surface area (Å²) in [5.41, 5.74) is 5.91. The Hall–Kier alpha value is -0.570. The smallest absolute Gasteiger partial charge is 0.226 e. The largest absolute Gasteiger partial charge is 0.342 e. The van der Waals surface area contributed by atoms with Crippen LogP contribution in [0, 0.1) is 23.7 Å². The normalized spacial score (nSPS) is 43.2. The highest BCUT2D eigenvalue weighted by Gasteiger charge is 2.57. The van der Waals surface area contributed by atoms with Gasteiger partial charge in [0.05, 0.1) is 0 Å². The van der Waals surface area contributed by atoms with Gasteiger partial charge in [-0.05, 0) is 43.9 Å². The SMILES string of the molecule is CC(N)C1CCN(C(=O)C2C3CCCC32)C1. The molecule has 2 aliphatic carbocycles. The first-order chi connectivity index (χ1) is 7.68. The Bertz CT molecular complexity index is 292. The summed E-state index contributed by atoms with van der Waals surface area (Å²) in [6.45, 7) is 3.91. The summed E-state index contributed by atoms with van der Waals surface area (Å²) >= 11 is 0. The summed E-state index contributed by atoms with van der Waals surface area (Å²) in [7, 11) is 0. The number of fused-ring (bicyclic) bond motifs is 1. The van der Waals surface area contributed by atoms with Crippen LogP contribution in [0.3, 0.4) is 0 Å². The van der Waals surface area contributed by atoms with Crippen molar-refractivity contribution in [3.05, 3.63) is 0 Å². The number of nitrogens with zero attached hydrogens (tertiary/aromatic N) is 1. The quantitative estimate of drug-likeness (QED) is 0.764. The molecule has 2 N–H and O–H groups in total. The van der Waals surface area contributed by atoms with Crippen molar-refractivity contribution in [2.24, 2.45) is 29.4 Å². The zero-order valence-electron chi connectivity index (χ0n) is 10.1. The summed E-state index contributed by atoms with van der Waals surface area (Å²) in [6.07, 6.45) is 5.05. The maximum Gasteiger partial charge on any atom is 0.226 e. The van der Waals surface area contributed by atoms with Gasteiger partial charge in [-0.1, -0.05) is 6.42 Å². The Kier molecular flexibility index (Phi) is 2.46. The summed E-state index contributed by atoms with van der Waals surface area (Å²) < 4.78 is 0. The number of rotatable bonds is 2. The van der Waals surface area contributed by atoms with E-state index in [2.05, 4.69) is 11.8 Å². The second-order valence-electron chi connectivity index (χ2n) is 5.98. The molecule has 1 aliphatic heterocycles. The van der Waals surface area contributed by atoms with Crippen molar-refractivity contribution in [2.75, 3.05) is 13.1 Å². The third kappa shape index (κ3) is 1.56. The van der Waals surface area contributed by atoms with Crippen LogP contribution in [0.1, 0.15) is 32.6 Å². The van der Waals surface area contributed by atoms with Gasteiger partial charge in [-0.15, -0.1) is 0 Å². The first-order valence-electron chi connectivity index (χ1n) is 6.73. The predicted molar refractivity (Wildman–Crippen MR) is 62.7 cm³/mol. The van der Waals surface area contributed by atoms with Gasteiger partial charge in [0, 0.05) is 25.0 Å². The molecule has 0 aromatic heterocycles. The van der Waals surface area contributed by atoms with Gasteiger partial charge < -0.3 is 10.6 Å². The van der Waals surface area contributed by atoms with Gasteiger partial charge in [-0.25, -0.2) is 0 Å². The van der Waals surface area contributed by atoms with Crippen molar-refractivity contribution in [3.63, 3.8) is 0 Å². The molecule has 3 fully saturated rings. The molecule has 2 saturated carbocycles. The van der Waals surface area contributed by atoms with Gasteiger partial charge >= 0.3 is 0 Å². The number of carbonyl (C=O) groups is 1. The maximum absolute atomic E-state index is 12.3. The molecule has 0 bridgehead atoms. The van der Waals surface area contributed by atoms with Crippen LogP contribution in [0.4, 0.5) is 0 Å². The van der Waals surface area contributed by atoms with E-state index in [9.17, 15) is 4.79 Å². The third-order valence-corrected chi connectivity index (χ3v) is 4.97. The zero-order valence-corrected chi connectivity index (χ0v) is 10.1. The molecule has 1 saturated heterocycles. The Balaban J connectivity index is 1.57. The van der Waals surface area contributed by atoms with Crippen LogP contribution in [0.2, 0.25) is 0 Å². The third-order valence-electron chi connectivity index (χ3n) is 4.97. The Morgan fingerprint density at radius 2 is 2.00 bits per heavy atom. The number of likely N-dealkylation sites (tertiary alicyclic amines) is 1. The molecule has 4 unspecified atom stereocenters. The van der Waals surface area contributed by atoms with E-state index in [1.165, 1.54) is 19.3 Å². The number of nitrogens with two attached hydrogens (primary N) is 1. The highest BCUT2D eigenvalue weighted by molar-refractivity contribution is 5.82. The van der Waals surface area contributed by atoms with E-state index in [4.69, 9.17) is 5.73 Å². The first kappa shape index (κ1) is 10.6. The first-order valence-corrected chi connectivity index (χ1v) is 6.73. The van der Waals surface area contributed by atoms with Crippen LogP contribution >= 0.6 is 0 Å². The van der Waals surface area contributed by atoms with Crippen LogP contribution < -0.4 is 5.73 Å². The van der Waals surface area contributed by atoms with Crippen LogP contribution in [0.15, 0.2) is 0 Å². The minimum absolute atomic E-state index is 0.233. The Morgan fingerprint density at radius 3 is 2.56 bits per heavy atom. The van der Waals surface area contributed by atoms with E-state index >= 15 is 0 Å². The van der Waals surface area contributed by atoms with E-state index in [0.717, 1.165) is 31.3 Å². The average molecular weight is 222 g/mol. The van der Waals surface area contributed by atoms with Crippen LogP contribution in [-0.2, 0) is 4.79 Å². The number of hydrogen-bond acceptors (Lipinski definition) is 2. The number of carbonyl (C=O) groups excluding carboxylic acids is 1. The molecule has 1 heterocycles. The van der Waals surface area contributed by atoms with E-state index in [1.54, 1.807) is 0 Å². The molecule has 16 heavy (non-hydrogen) atoms. The molecule has 0 aromatic carbocycles. The average Bonchev–Trinajstić information content (AvgIpc) is 2.74. The van der Waals surface area contributed by atoms with Gasteiger partial charge in [0.25, 0.3) is 0 Å². The summed E-state index contributed by atoms with van der Waals surface area (Å²) in [5, 5.41) is 0. The van der Waals surface area contributed by atoms with Crippen molar-refractivity contribution in [1.82, 2.24) is 4.90 Å². The number of hydrogen-bond donors (Lipinski definition) is 1. The topological polar surface area (TPSA) is 46.3 Å². The molecular formula is C13H22N2O. The fraction of sp³-hybridized carbons (Fsp3) is 0.923. The van der Waals surface area contributed by atoms with Crippen molar-refractivity contribution in [2.45, 2.75) is 38.6 Å². The lowest BCUT2D eigenvalue weighted by Crippen LogP contribution is -2.34. The fourth-order valence-electron chi connectivity index (χ4n) is 3.82. The highest BCUT2D eigenvalue weighted by atomic mass is 16.2. The van der Waals surface area contributed by atoms with Gasteiger partial charge in [-0.3, -0.25) is 4.79 Å². The number of amides is 1. The van der Waals surface area contributed by atoms with Crippen molar-refractivity contribution in [1.29, 1.82) is 0 Å². The van der Waals surface area contributed by atoms with Crippen LogP contribution in [0.5, 0.6) is 0 Å². The lowest BCUT2D eigenvalue weighted by Gasteiger charge is -2.19. The van der Waals surface area contributed by atoms with Crippen LogP contribution in [0.25, 0.3) is 0 Å². The van der Waals surface area contributed by atoms with Gasteiger partial charge in [0.15, 0.2) is 0 Å². The molecule has 1 amide bonds. The van der Waals surface area contributed by atoms with E-state index < -0.39 is 0 Å². The van der Waals surface area contributed by atoms with Gasteiger partial charge in [0.1, 0.15) is 0 Å². The second-order valence-corrected chi connectivity index (χ2v) is 5.98. The van der Waals surface area contributed by atoms with Gasteiger partial charge in [-0.2, -0.15) is 0 Å². The fourth-order valence-corrected chi connectivity index (χ4v) is 3.82. The molecular weight excluding hydrogens is 200 g/mol. The second kappa shape index (κ2) is 3.73. The Labute approximate surface area is 97.4 Å². The molecule has 3 rings (SSSR count). The standard InChI is InChI=1S/C13H22N2O/c1-8(14)9-5-6-15(7-9)13(16)12-10-3-2-4-11(10)12/h8-12H,2-7,14H2,1H3. The lowest BCUT2D eigenvalue weighted by molar-refractivity contribution is -0.132. The van der Waals surface area contributed by atoms with Crippen molar-refractivity contribution in [3.8, 4) is 0 Å². The zero-order chi connectivity index (χ0) is 11.3. The van der Waals surface area contributed by atoms with E-state index in [1.807, 2.05) is 0 Å². The molecule has 0 radical (unpaired) electrons. The molecule has 3 nitrogen and oxygen atoms in total. The predicted octanol–water partition coefficient (Wildman–Crippen LogP) is 1.23. The molecule has 3 aliphatic rings. The highest BCUT2D eigenvalue weighted by Crippen LogP contribution is 2.58. The summed E-state index contributed by atoms with van der Waals surface area (Å²) in [6, 6.07) is 0.233. The van der Waals surface area contributed by atoms with Crippen LogP contribution in [-0.4, -0.2) is 29.9 Å². The minimum Gasteiger partial charge on any atom is -0.342 e. The summed E-state index contributed by atoms with van der Waals surface area (Å²) in [5.74, 6) is 2.88. The Morgan fingerprint density at radius 1 is 1.31 bits per heavy atom. The molecule has 90 valence electrons. The summed E-state index contributed by atoms with van der Waals surface area (Å²) in [4.78, 5) is 14.4. The van der Waals surface area contributed by atoms with E-state index in [0.29, 0.717) is 17.7 Å². The van der Waals surface area contributed by atoms with Gasteiger partial charge in [0.2, 0.25) is 5.91 Å². The maximum atomic E-state index is 12.3. The van der Waals surface area contributed by atoms with Crippen molar-refractivity contribution < 1.29 is 4.79 Å². The monoisotopic (exact) mass is 222 g/mol. The molecule has 0 spiro atoms. The lowest BCUT2D eigenvalue weighted by atomic mass is 10.0. The minimum atomic E-state index is 0.233. The molecule has 0 aromatic rings. The van der Waals surface area contributed by atoms with E-state index in [-0.39, 0.29) is 6.04 Å². The molecule has 4 atom stereocenters. The molecule has 3 heteroatoms.